The van der Waals surface area contributed by atoms with E-state index in [1.807, 2.05) is 13.8 Å². The van der Waals surface area contributed by atoms with Gasteiger partial charge in [0.1, 0.15) is 18.1 Å². The number of aryl methyl sites for hydroxylation is 1. The van der Waals surface area contributed by atoms with Crippen LogP contribution < -0.4 is 14.9 Å². The fraction of sp³-hybridized carbons (Fsp3) is 0.267. The molecule has 0 atom stereocenters. The van der Waals surface area contributed by atoms with Crippen molar-refractivity contribution in [3.8, 4) is 11.5 Å². The molecule has 21 heavy (non-hydrogen) atoms. The average Bonchev–Trinajstić information content (AvgIpc) is 2.47. The van der Waals surface area contributed by atoms with Crippen molar-refractivity contribution in [2.24, 2.45) is 0 Å². The lowest BCUT2D eigenvalue weighted by atomic mass is 9.79. The summed E-state index contributed by atoms with van der Waals surface area (Å²) in [5.74, 6) is 1.22. The number of benzene rings is 1. The van der Waals surface area contributed by atoms with Gasteiger partial charge in [0.2, 0.25) is 0 Å². The van der Waals surface area contributed by atoms with E-state index in [0.29, 0.717) is 11.2 Å². The van der Waals surface area contributed by atoms with Crippen LogP contribution in [-0.4, -0.2) is 29.3 Å². The smallest absolute Gasteiger partial charge is 0.492 e. The first-order chi connectivity index (χ1) is 10.0. The molecule has 0 radical (unpaired) electrons. The van der Waals surface area contributed by atoms with Gasteiger partial charge in [0.05, 0.1) is 12.8 Å². The minimum Gasteiger partial charge on any atom is -0.496 e. The van der Waals surface area contributed by atoms with Gasteiger partial charge in [0, 0.05) is 22.8 Å². The van der Waals surface area contributed by atoms with E-state index in [1.54, 1.807) is 37.6 Å². The van der Waals surface area contributed by atoms with Gasteiger partial charge in [-0.05, 0) is 19.9 Å². The van der Waals surface area contributed by atoms with Gasteiger partial charge in [-0.25, -0.2) is 0 Å². The normalized spacial score (nSPS) is 10.3. The summed E-state index contributed by atoms with van der Waals surface area (Å²) < 4.78 is 11.0. The number of para-hydroxylation sites is 1. The highest BCUT2D eigenvalue weighted by Crippen LogP contribution is 2.24. The number of rotatable bonds is 5. The van der Waals surface area contributed by atoms with Crippen molar-refractivity contribution < 1.29 is 19.5 Å². The van der Waals surface area contributed by atoms with Crippen molar-refractivity contribution in [2.75, 3.05) is 7.11 Å². The molecule has 1 aromatic heterocycles. The molecule has 2 N–H and O–H groups in total. The largest absolute Gasteiger partial charge is 0.496 e. The van der Waals surface area contributed by atoms with E-state index >= 15 is 0 Å². The fourth-order valence-corrected chi connectivity index (χ4v) is 2.19. The predicted octanol–water partition coefficient (Wildman–Crippen LogP) is 0.966. The maximum absolute atomic E-state index is 9.31. The van der Waals surface area contributed by atoms with Crippen LogP contribution in [0.2, 0.25) is 0 Å². The molecule has 6 heteroatoms. The highest BCUT2D eigenvalue weighted by atomic mass is 16.5. The molecule has 5 nitrogen and oxygen atoms in total. The topological polar surface area (TPSA) is 71.8 Å². The lowest BCUT2D eigenvalue weighted by molar-refractivity contribution is 0.299. The van der Waals surface area contributed by atoms with Crippen molar-refractivity contribution in [3.63, 3.8) is 0 Å². The van der Waals surface area contributed by atoms with Crippen LogP contribution >= 0.6 is 0 Å². The van der Waals surface area contributed by atoms with Crippen molar-refractivity contribution in [1.29, 1.82) is 0 Å². The van der Waals surface area contributed by atoms with Crippen LogP contribution in [-0.2, 0) is 6.61 Å². The quantitative estimate of drug-likeness (QED) is 0.802. The van der Waals surface area contributed by atoms with Crippen molar-refractivity contribution in [3.05, 3.63) is 47.3 Å². The first-order valence-corrected chi connectivity index (χ1v) is 6.61. The lowest BCUT2D eigenvalue weighted by Crippen LogP contribution is -2.31. The molecular formula is C15H18BNO4. The Kier molecular flexibility index (Phi) is 4.83. The number of methoxy groups -OCH3 is 1. The molecule has 2 aromatic rings. The zero-order valence-corrected chi connectivity index (χ0v) is 12.3. The van der Waals surface area contributed by atoms with Crippen LogP contribution in [0.1, 0.15) is 16.8 Å². The van der Waals surface area contributed by atoms with E-state index in [2.05, 4.69) is 4.98 Å². The van der Waals surface area contributed by atoms with Gasteiger partial charge in [-0.15, -0.1) is 0 Å². The van der Waals surface area contributed by atoms with Gasteiger partial charge in [-0.1, -0.05) is 18.2 Å². The monoisotopic (exact) mass is 287 g/mol. The second-order valence-electron chi connectivity index (χ2n) is 4.75. The van der Waals surface area contributed by atoms with E-state index in [1.165, 1.54) is 0 Å². The zero-order chi connectivity index (χ0) is 15.4. The minimum atomic E-state index is -1.57. The molecule has 2 rings (SSSR count). The number of hydrogen-bond donors (Lipinski definition) is 2. The zero-order valence-electron chi connectivity index (χ0n) is 12.3. The van der Waals surface area contributed by atoms with Crippen molar-refractivity contribution in [2.45, 2.75) is 20.5 Å². The van der Waals surface area contributed by atoms with Gasteiger partial charge in [0.25, 0.3) is 0 Å². The first-order valence-electron chi connectivity index (χ1n) is 6.61. The SMILES string of the molecule is COc1c(C)cnc(COc2ccccc2B(O)O)c1C. The molecule has 0 fully saturated rings. The van der Waals surface area contributed by atoms with Crippen LogP contribution in [0.4, 0.5) is 0 Å². The van der Waals surface area contributed by atoms with E-state index in [-0.39, 0.29) is 6.61 Å². The van der Waals surface area contributed by atoms with Crippen LogP contribution in [0, 0.1) is 13.8 Å². The van der Waals surface area contributed by atoms with E-state index < -0.39 is 7.12 Å². The molecule has 0 saturated carbocycles. The summed E-state index contributed by atoms with van der Waals surface area (Å²) in [6.07, 6.45) is 1.73. The number of pyridine rings is 1. The van der Waals surface area contributed by atoms with Crippen LogP contribution in [0.5, 0.6) is 11.5 Å². The Morgan fingerprint density at radius 3 is 2.57 bits per heavy atom. The Hall–Kier alpha value is -2.05. The molecular weight excluding hydrogens is 269 g/mol. The Morgan fingerprint density at radius 2 is 1.90 bits per heavy atom. The Morgan fingerprint density at radius 1 is 1.19 bits per heavy atom. The number of aromatic nitrogens is 1. The summed E-state index contributed by atoms with van der Waals surface area (Å²) >= 11 is 0. The predicted molar refractivity (Wildman–Crippen MR) is 80.9 cm³/mol. The van der Waals surface area contributed by atoms with Gasteiger partial charge in [-0.2, -0.15) is 0 Å². The molecule has 0 saturated heterocycles. The van der Waals surface area contributed by atoms with Crippen molar-refractivity contribution in [1.82, 2.24) is 4.98 Å². The van der Waals surface area contributed by atoms with E-state index in [4.69, 9.17) is 9.47 Å². The second kappa shape index (κ2) is 6.60. The number of hydrogen-bond acceptors (Lipinski definition) is 5. The second-order valence-corrected chi connectivity index (χ2v) is 4.75. The Balaban J connectivity index is 2.21. The highest BCUT2D eigenvalue weighted by Gasteiger charge is 2.17. The average molecular weight is 287 g/mol. The summed E-state index contributed by atoms with van der Waals surface area (Å²) in [5.41, 5.74) is 2.96. The summed E-state index contributed by atoms with van der Waals surface area (Å²) in [6, 6.07) is 6.79. The summed E-state index contributed by atoms with van der Waals surface area (Å²) in [7, 11) is 0.0556. The van der Waals surface area contributed by atoms with Gasteiger partial charge >= 0.3 is 7.12 Å². The van der Waals surface area contributed by atoms with Gasteiger partial charge in [0.15, 0.2) is 0 Å². The molecule has 0 aliphatic rings. The first kappa shape index (κ1) is 15.3. The summed E-state index contributed by atoms with van der Waals surface area (Å²) in [5, 5.41) is 18.6. The molecule has 0 bridgehead atoms. The molecule has 1 heterocycles. The standard InChI is InChI=1S/C15H18BNO4/c1-10-8-17-13(11(2)15(10)20-3)9-21-14-7-5-4-6-12(14)16(18)19/h4-8,18-19H,9H2,1-3H3. The number of nitrogens with zero attached hydrogens (tertiary/aromatic N) is 1. The maximum atomic E-state index is 9.31. The Bertz CT molecular complexity index is 631. The van der Waals surface area contributed by atoms with Crippen LogP contribution in [0.3, 0.4) is 0 Å². The maximum Gasteiger partial charge on any atom is 0.492 e. The van der Waals surface area contributed by atoms with E-state index in [9.17, 15) is 10.0 Å². The lowest BCUT2D eigenvalue weighted by Gasteiger charge is -2.14. The number of ether oxygens (including phenoxy) is 2. The van der Waals surface area contributed by atoms with Crippen molar-refractivity contribution >= 4 is 12.6 Å². The molecule has 0 amide bonds. The third-order valence-corrected chi connectivity index (χ3v) is 3.31. The third kappa shape index (κ3) is 3.35. The molecule has 0 aliphatic heterocycles. The summed E-state index contributed by atoms with van der Waals surface area (Å²) in [6.45, 7) is 4.08. The van der Waals surface area contributed by atoms with Gasteiger partial charge in [-0.3, -0.25) is 4.98 Å². The minimum absolute atomic E-state index is 0.228. The fourth-order valence-electron chi connectivity index (χ4n) is 2.19. The Labute approximate surface area is 124 Å². The van der Waals surface area contributed by atoms with Crippen LogP contribution in [0.15, 0.2) is 30.5 Å². The summed E-state index contributed by atoms with van der Waals surface area (Å²) in [4.78, 5) is 4.35. The van der Waals surface area contributed by atoms with E-state index in [0.717, 1.165) is 22.6 Å². The molecule has 110 valence electrons. The highest BCUT2D eigenvalue weighted by molar-refractivity contribution is 6.59. The molecule has 0 unspecified atom stereocenters. The molecule has 0 spiro atoms. The molecule has 1 aromatic carbocycles. The molecule has 0 aliphatic carbocycles. The third-order valence-electron chi connectivity index (χ3n) is 3.31. The van der Waals surface area contributed by atoms with Gasteiger partial charge < -0.3 is 19.5 Å². The van der Waals surface area contributed by atoms with Crippen LogP contribution in [0.25, 0.3) is 0 Å².